The first kappa shape index (κ1) is 24.1. The van der Waals surface area contributed by atoms with E-state index in [1.165, 1.54) is 4.90 Å². The van der Waals surface area contributed by atoms with Gasteiger partial charge in [0.05, 0.1) is 11.2 Å². The van der Waals surface area contributed by atoms with Gasteiger partial charge in [-0.05, 0) is 48.5 Å². The molecule has 10 nitrogen and oxygen atoms in total. The Bertz CT molecular complexity index is 1690. The molecule has 5 aromatic rings. The SMILES string of the molecule is CN(C(=O)Nc1ccc2cc(C(=O)Nc3ccc(Br)cc3-c3noc(=O)[nH]3)n(C)c2c1)c1ccccc1. The molecular weight excluding hydrogens is 540 g/mol. The maximum absolute atomic E-state index is 13.3. The van der Waals surface area contributed by atoms with E-state index in [1.807, 2.05) is 42.5 Å². The van der Waals surface area contributed by atoms with Crippen molar-refractivity contribution < 1.29 is 14.1 Å². The number of nitrogens with one attached hydrogen (secondary N) is 3. The Kier molecular flexibility index (Phi) is 6.36. The summed E-state index contributed by atoms with van der Waals surface area (Å²) in [6, 6.07) is 21.4. The van der Waals surface area contributed by atoms with Crippen LogP contribution in [0.2, 0.25) is 0 Å². The number of aryl methyl sites for hydroxylation is 1. The molecule has 0 radical (unpaired) electrons. The monoisotopic (exact) mass is 560 g/mol. The summed E-state index contributed by atoms with van der Waals surface area (Å²) in [5, 5.41) is 10.3. The summed E-state index contributed by atoms with van der Waals surface area (Å²) < 4.78 is 7.10. The molecule has 0 fully saturated rings. The Hall–Kier alpha value is -4.64. The molecule has 0 bridgehead atoms. The fraction of sp³-hybridized carbons (Fsp3) is 0.0769. The lowest BCUT2D eigenvalue weighted by Gasteiger charge is -2.18. The van der Waals surface area contributed by atoms with Gasteiger partial charge >= 0.3 is 11.8 Å². The van der Waals surface area contributed by atoms with Crippen LogP contribution in [0.4, 0.5) is 21.9 Å². The molecule has 5 rings (SSSR count). The molecule has 3 aromatic carbocycles. The zero-order chi connectivity index (χ0) is 26.1. The number of H-pyrrole nitrogens is 1. The van der Waals surface area contributed by atoms with Crippen molar-refractivity contribution in [3.05, 3.63) is 93.5 Å². The first-order chi connectivity index (χ1) is 17.8. The van der Waals surface area contributed by atoms with Gasteiger partial charge in [-0.1, -0.05) is 45.4 Å². The van der Waals surface area contributed by atoms with Gasteiger partial charge in [-0.15, -0.1) is 0 Å². The maximum atomic E-state index is 13.3. The highest BCUT2D eigenvalue weighted by Crippen LogP contribution is 2.30. The number of para-hydroxylation sites is 1. The van der Waals surface area contributed by atoms with Crippen LogP contribution in [-0.4, -0.2) is 33.7 Å². The number of fused-ring (bicyclic) bond motifs is 1. The van der Waals surface area contributed by atoms with Gasteiger partial charge in [0.25, 0.3) is 5.91 Å². The number of aromatic amines is 1. The van der Waals surface area contributed by atoms with Gasteiger partial charge in [0, 0.05) is 40.9 Å². The average Bonchev–Trinajstić information content (AvgIpc) is 3.48. The van der Waals surface area contributed by atoms with E-state index >= 15 is 0 Å². The van der Waals surface area contributed by atoms with Crippen molar-refractivity contribution >= 4 is 55.8 Å². The van der Waals surface area contributed by atoms with Gasteiger partial charge in [0.2, 0.25) is 0 Å². The zero-order valence-electron chi connectivity index (χ0n) is 19.8. The predicted molar refractivity (Wildman–Crippen MR) is 145 cm³/mol. The number of rotatable bonds is 5. The molecule has 0 atom stereocenters. The number of halogens is 1. The summed E-state index contributed by atoms with van der Waals surface area (Å²) in [4.78, 5) is 41.4. The molecule has 3 N–H and O–H groups in total. The van der Waals surface area contributed by atoms with E-state index in [0.717, 1.165) is 21.1 Å². The number of anilines is 3. The van der Waals surface area contributed by atoms with Crippen LogP contribution in [0.3, 0.4) is 0 Å². The van der Waals surface area contributed by atoms with Gasteiger partial charge in [0.15, 0.2) is 5.82 Å². The van der Waals surface area contributed by atoms with Gasteiger partial charge in [-0.3, -0.25) is 19.2 Å². The largest absolute Gasteiger partial charge is 0.439 e. The van der Waals surface area contributed by atoms with Crippen LogP contribution in [0.5, 0.6) is 0 Å². The topological polar surface area (TPSA) is 125 Å². The summed E-state index contributed by atoms with van der Waals surface area (Å²) in [5.41, 5.74) is 3.46. The average molecular weight is 561 g/mol. The molecule has 0 saturated carbocycles. The number of carbonyl (C=O) groups is 2. The number of carbonyl (C=O) groups excluding carboxylic acids is 2. The Morgan fingerprint density at radius 2 is 1.81 bits per heavy atom. The molecule has 2 heterocycles. The number of hydrogen-bond acceptors (Lipinski definition) is 5. The van der Waals surface area contributed by atoms with Gasteiger partial charge < -0.3 is 15.2 Å². The van der Waals surface area contributed by atoms with E-state index in [-0.39, 0.29) is 17.8 Å². The molecule has 2 aromatic heterocycles. The summed E-state index contributed by atoms with van der Waals surface area (Å²) in [6.07, 6.45) is 0. The van der Waals surface area contributed by atoms with Crippen LogP contribution in [0, 0.1) is 0 Å². The Labute approximate surface area is 219 Å². The van der Waals surface area contributed by atoms with Crippen LogP contribution in [-0.2, 0) is 7.05 Å². The first-order valence-electron chi connectivity index (χ1n) is 11.2. The third kappa shape index (κ3) is 4.89. The normalized spacial score (nSPS) is 10.9. The standard InChI is InChI=1S/C26H21BrN6O4/c1-32(18-6-4-3-5-7-18)25(35)28-17-10-8-15-12-22(33(2)21(15)14-17)24(34)29-20-11-9-16(27)13-19(20)23-30-26(36)37-31-23/h3-14H,1-2H3,(H,28,35)(H,29,34)(H,30,31,36). The van der Waals surface area contributed by atoms with E-state index in [4.69, 9.17) is 0 Å². The molecule has 37 heavy (non-hydrogen) atoms. The second kappa shape index (κ2) is 9.78. The van der Waals surface area contributed by atoms with Gasteiger partial charge in [-0.25, -0.2) is 9.59 Å². The van der Waals surface area contributed by atoms with Crippen LogP contribution < -0.4 is 21.3 Å². The Balaban J connectivity index is 1.39. The van der Waals surface area contributed by atoms with Crippen molar-refractivity contribution in [1.29, 1.82) is 0 Å². The van der Waals surface area contributed by atoms with E-state index in [0.29, 0.717) is 22.6 Å². The molecular formula is C26H21BrN6O4. The molecule has 186 valence electrons. The predicted octanol–water partition coefficient (Wildman–Crippen LogP) is 5.20. The highest BCUT2D eigenvalue weighted by Gasteiger charge is 2.18. The van der Waals surface area contributed by atoms with Gasteiger partial charge in [0.1, 0.15) is 5.69 Å². The second-order valence-corrected chi connectivity index (χ2v) is 9.19. The van der Waals surface area contributed by atoms with E-state index in [2.05, 4.69) is 41.2 Å². The quantitative estimate of drug-likeness (QED) is 0.272. The highest BCUT2D eigenvalue weighted by molar-refractivity contribution is 9.10. The second-order valence-electron chi connectivity index (χ2n) is 8.27. The minimum atomic E-state index is -0.696. The lowest BCUT2D eigenvalue weighted by atomic mass is 10.1. The molecule has 0 aliphatic carbocycles. The number of amides is 3. The fourth-order valence-corrected chi connectivity index (χ4v) is 4.32. The minimum Gasteiger partial charge on any atom is -0.340 e. The summed E-state index contributed by atoms with van der Waals surface area (Å²) in [5.74, 6) is -0.860. The van der Waals surface area contributed by atoms with E-state index in [9.17, 15) is 14.4 Å². The zero-order valence-corrected chi connectivity index (χ0v) is 21.4. The smallest absolute Gasteiger partial charge is 0.340 e. The lowest BCUT2D eigenvalue weighted by molar-refractivity contribution is 0.101. The van der Waals surface area contributed by atoms with Gasteiger partial charge in [-0.2, -0.15) is 0 Å². The number of aromatic nitrogens is 3. The molecule has 0 aliphatic heterocycles. The Morgan fingerprint density at radius 1 is 1.03 bits per heavy atom. The minimum absolute atomic E-state index is 0.194. The van der Waals surface area contributed by atoms with Crippen LogP contribution in [0.25, 0.3) is 22.3 Å². The number of urea groups is 1. The maximum Gasteiger partial charge on any atom is 0.439 e. The Morgan fingerprint density at radius 3 is 2.54 bits per heavy atom. The van der Waals surface area contributed by atoms with Crippen molar-refractivity contribution in [3.8, 4) is 11.4 Å². The fourth-order valence-electron chi connectivity index (χ4n) is 3.96. The van der Waals surface area contributed by atoms with Crippen molar-refractivity contribution in [3.63, 3.8) is 0 Å². The van der Waals surface area contributed by atoms with Crippen LogP contribution in [0.15, 0.2) is 86.6 Å². The number of benzene rings is 3. The van der Waals surface area contributed by atoms with E-state index < -0.39 is 5.76 Å². The molecule has 0 aliphatic rings. The lowest BCUT2D eigenvalue weighted by Crippen LogP contribution is -2.31. The van der Waals surface area contributed by atoms with Crippen molar-refractivity contribution in [2.45, 2.75) is 0 Å². The van der Waals surface area contributed by atoms with Crippen molar-refractivity contribution in [1.82, 2.24) is 14.7 Å². The molecule has 0 spiro atoms. The molecule has 11 heteroatoms. The number of nitrogens with zero attached hydrogens (tertiary/aromatic N) is 3. The first-order valence-corrected chi connectivity index (χ1v) is 12.0. The third-order valence-corrected chi connectivity index (χ3v) is 6.40. The summed E-state index contributed by atoms with van der Waals surface area (Å²) >= 11 is 3.39. The molecule has 0 saturated heterocycles. The van der Waals surface area contributed by atoms with Crippen molar-refractivity contribution in [2.75, 3.05) is 22.6 Å². The number of hydrogen-bond donors (Lipinski definition) is 3. The molecule has 0 unspecified atom stereocenters. The molecule has 3 amide bonds. The van der Waals surface area contributed by atoms with Crippen LogP contribution >= 0.6 is 15.9 Å². The summed E-state index contributed by atoms with van der Waals surface area (Å²) in [6.45, 7) is 0. The van der Waals surface area contributed by atoms with E-state index in [1.54, 1.807) is 49.0 Å². The third-order valence-electron chi connectivity index (χ3n) is 5.90. The summed E-state index contributed by atoms with van der Waals surface area (Å²) in [7, 11) is 3.47. The van der Waals surface area contributed by atoms with Crippen molar-refractivity contribution in [2.24, 2.45) is 7.05 Å². The van der Waals surface area contributed by atoms with Crippen LogP contribution in [0.1, 0.15) is 10.5 Å². The highest BCUT2D eigenvalue weighted by atomic mass is 79.9.